The predicted molar refractivity (Wildman–Crippen MR) is 95.3 cm³/mol. The van der Waals surface area contributed by atoms with Crippen LogP contribution >= 0.6 is 34.9 Å². The van der Waals surface area contributed by atoms with E-state index in [2.05, 4.69) is 30.7 Å². The summed E-state index contributed by atoms with van der Waals surface area (Å²) >= 11 is 4.16. The van der Waals surface area contributed by atoms with Crippen LogP contribution in [-0.4, -0.2) is 47.9 Å². The van der Waals surface area contributed by atoms with Gasteiger partial charge in [0.15, 0.2) is 15.3 Å². The Morgan fingerprint density at radius 2 is 2.04 bits per heavy atom. The van der Waals surface area contributed by atoms with Crippen molar-refractivity contribution in [1.82, 2.24) is 29.9 Å². The molecule has 3 aromatic heterocycles. The normalized spacial score (nSPS) is 10.8. The van der Waals surface area contributed by atoms with E-state index in [0.29, 0.717) is 10.3 Å². The first-order valence-corrected chi connectivity index (χ1v) is 9.80. The van der Waals surface area contributed by atoms with Crippen LogP contribution in [0.2, 0.25) is 0 Å². The monoisotopic (exact) mass is 379 g/mol. The zero-order chi connectivity index (χ0) is 16.9. The number of aromatic nitrogens is 6. The molecule has 0 unspecified atom stereocenters. The summed E-state index contributed by atoms with van der Waals surface area (Å²) in [7, 11) is 1.87. The highest BCUT2D eigenvalue weighted by Crippen LogP contribution is 2.24. The fourth-order valence-corrected chi connectivity index (χ4v) is 3.72. The number of amides is 1. The average Bonchev–Trinajstić information content (AvgIpc) is 3.20. The van der Waals surface area contributed by atoms with Crippen LogP contribution in [0.25, 0.3) is 11.4 Å². The van der Waals surface area contributed by atoms with E-state index in [1.54, 1.807) is 12.4 Å². The summed E-state index contributed by atoms with van der Waals surface area (Å²) in [5.74, 6) is 0.794. The first-order valence-electron chi connectivity index (χ1n) is 6.77. The summed E-state index contributed by atoms with van der Waals surface area (Å²) in [5, 5.41) is 20.1. The Kier molecular flexibility index (Phi) is 5.43. The van der Waals surface area contributed by atoms with E-state index in [1.807, 2.05) is 30.0 Å². The SMILES string of the molecule is CSc1nnc(NC(=O)CSc2nnc(-c3ccncc3)n2C)s1. The van der Waals surface area contributed by atoms with E-state index in [1.165, 1.54) is 34.9 Å². The maximum Gasteiger partial charge on any atom is 0.236 e. The van der Waals surface area contributed by atoms with Crippen LogP contribution in [0.4, 0.5) is 5.13 Å². The quantitative estimate of drug-likeness (QED) is 0.514. The van der Waals surface area contributed by atoms with Crippen LogP contribution in [0, 0.1) is 0 Å². The van der Waals surface area contributed by atoms with Gasteiger partial charge in [-0.2, -0.15) is 0 Å². The molecular formula is C13H13N7OS3. The highest BCUT2D eigenvalue weighted by molar-refractivity contribution is 8.00. The van der Waals surface area contributed by atoms with Crippen molar-refractivity contribution in [2.45, 2.75) is 9.50 Å². The fourth-order valence-electron chi connectivity index (χ4n) is 1.82. The zero-order valence-electron chi connectivity index (χ0n) is 12.8. The van der Waals surface area contributed by atoms with E-state index in [9.17, 15) is 4.79 Å². The summed E-state index contributed by atoms with van der Waals surface area (Å²) in [4.78, 5) is 16.0. The average molecular weight is 379 g/mol. The van der Waals surface area contributed by atoms with Crippen molar-refractivity contribution >= 4 is 45.9 Å². The van der Waals surface area contributed by atoms with Crippen molar-refractivity contribution in [1.29, 1.82) is 0 Å². The Morgan fingerprint density at radius 3 is 2.75 bits per heavy atom. The molecule has 0 aliphatic heterocycles. The number of anilines is 1. The van der Waals surface area contributed by atoms with E-state index in [-0.39, 0.29) is 11.7 Å². The number of hydrogen-bond acceptors (Lipinski definition) is 9. The first-order chi connectivity index (χ1) is 11.7. The van der Waals surface area contributed by atoms with Gasteiger partial charge in [-0.3, -0.25) is 15.1 Å². The summed E-state index contributed by atoms with van der Waals surface area (Å²) in [6.45, 7) is 0. The standard InChI is InChI=1S/C13H13N7OS3/c1-20-10(8-3-5-14-6-4-8)16-18-12(20)23-7-9(21)15-11-17-19-13(22-2)24-11/h3-6H,7H2,1-2H3,(H,15,17,21). The molecule has 0 spiro atoms. The predicted octanol–water partition coefficient (Wildman–Crippen LogP) is 2.18. The minimum atomic E-state index is -0.155. The van der Waals surface area contributed by atoms with Gasteiger partial charge in [0.05, 0.1) is 5.75 Å². The molecule has 0 aliphatic rings. The first kappa shape index (κ1) is 16.9. The molecule has 1 N–H and O–H groups in total. The molecule has 11 heteroatoms. The largest absolute Gasteiger partial charge is 0.305 e. The highest BCUT2D eigenvalue weighted by atomic mass is 32.2. The Balaban J connectivity index is 1.60. The molecule has 0 saturated heterocycles. The zero-order valence-corrected chi connectivity index (χ0v) is 15.3. The molecule has 3 rings (SSSR count). The molecule has 0 bridgehead atoms. The lowest BCUT2D eigenvalue weighted by Gasteiger charge is -2.03. The number of nitrogens with one attached hydrogen (secondary N) is 1. The number of carbonyl (C=O) groups is 1. The highest BCUT2D eigenvalue weighted by Gasteiger charge is 2.14. The molecule has 0 aromatic carbocycles. The van der Waals surface area contributed by atoms with Crippen LogP contribution in [0.15, 0.2) is 34.0 Å². The number of pyridine rings is 1. The van der Waals surface area contributed by atoms with E-state index < -0.39 is 0 Å². The summed E-state index contributed by atoms with van der Waals surface area (Å²) in [5.41, 5.74) is 0.926. The Hall–Kier alpha value is -1.98. The van der Waals surface area contributed by atoms with Gasteiger partial charge in [0.2, 0.25) is 11.0 Å². The maximum atomic E-state index is 12.0. The molecule has 0 fully saturated rings. The van der Waals surface area contributed by atoms with Crippen LogP contribution in [-0.2, 0) is 11.8 Å². The lowest BCUT2D eigenvalue weighted by molar-refractivity contribution is -0.113. The second-order valence-electron chi connectivity index (χ2n) is 4.52. The van der Waals surface area contributed by atoms with Gasteiger partial charge in [-0.05, 0) is 18.4 Å². The van der Waals surface area contributed by atoms with E-state index >= 15 is 0 Å². The van der Waals surface area contributed by atoms with Crippen LogP contribution in [0.3, 0.4) is 0 Å². The van der Waals surface area contributed by atoms with Gasteiger partial charge in [-0.15, -0.1) is 20.4 Å². The molecule has 8 nitrogen and oxygen atoms in total. The van der Waals surface area contributed by atoms with E-state index in [4.69, 9.17) is 0 Å². The van der Waals surface area contributed by atoms with E-state index in [0.717, 1.165) is 15.7 Å². The fraction of sp³-hybridized carbons (Fsp3) is 0.231. The number of hydrogen-bond donors (Lipinski definition) is 1. The molecule has 0 radical (unpaired) electrons. The second-order valence-corrected chi connectivity index (χ2v) is 7.49. The number of nitrogens with zero attached hydrogens (tertiary/aromatic N) is 6. The lowest BCUT2D eigenvalue weighted by Crippen LogP contribution is -2.14. The number of thioether (sulfide) groups is 2. The third-order valence-electron chi connectivity index (χ3n) is 2.93. The molecule has 24 heavy (non-hydrogen) atoms. The lowest BCUT2D eigenvalue weighted by atomic mass is 10.2. The minimum Gasteiger partial charge on any atom is -0.305 e. The molecule has 0 atom stereocenters. The molecule has 124 valence electrons. The third kappa shape index (κ3) is 3.91. The van der Waals surface area contributed by atoms with Gasteiger partial charge >= 0.3 is 0 Å². The van der Waals surface area contributed by atoms with Crippen LogP contribution < -0.4 is 5.32 Å². The maximum absolute atomic E-state index is 12.0. The third-order valence-corrected chi connectivity index (χ3v) is 5.77. The van der Waals surface area contributed by atoms with Gasteiger partial charge in [0.1, 0.15) is 0 Å². The minimum absolute atomic E-state index is 0.155. The second kappa shape index (κ2) is 7.73. The number of rotatable bonds is 6. The molecule has 0 saturated carbocycles. The van der Waals surface area contributed by atoms with Gasteiger partial charge in [0, 0.05) is 25.0 Å². The smallest absolute Gasteiger partial charge is 0.236 e. The van der Waals surface area contributed by atoms with Gasteiger partial charge in [0.25, 0.3) is 0 Å². The van der Waals surface area contributed by atoms with Crippen molar-refractivity contribution < 1.29 is 4.79 Å². The summed E-state index contributed by atoms with van der Waals surface area (Å²) < 4.78 is 2.66. The van der Waals surface area contributed by atoms with Crippen LogP contribution in [0.1, 0.15) is 0 Å². The van der Waals surface area contributed by atoms with Crippen LogP contribution in [0.5, 0.6) is 0 Å². The molecule has 3 heterocycles. The van der Waals surface area contributed by atoms with Gasteiger partial charge < -0.3 is 4.57 Å². The molecule has 0 aliphatic carbocycles. The summed E-state index contributed by atoms with van der Waals surface area (Å²) in [6, 6.07) is 3.73. The Labute approximate surface area is 150 Å². The van der Waals surface area contributed by atoms with Crippen molar-refractivity contribution in [3.8, 4) is 11.4 Å². The van der Waals surface area contributed by atoms with Crippen molar-refractivity contribution in [2.24, 2.45) is 7.05 Å². The van der Waals surface area contributed by atoms with Gasteiger partial charge in [-0.1, -0.05) is 34.9 Å². The molecular weight excluding hydrogens is 366 g/mol. The van der Waals surface area contributed by atoms with Crippen molar-refractivity contribution in [2.75, 3.05) is 17.3 Å². The Bertz CT molecular complexity index is 833. The van der Waals surface area contributed by atoms with Crippen molar-refractivity contribution in [3.63, 3.8) is 0 Å². The Morgan fingerprint density at radius 1 is 1.25 bits per heavy atom. The molecule has 1 amide bonds. The number of carbonyl (C=O) groups excluding carboxylic acids is 1. The summed E-state index contributed by atoms with van der Waals surface area (Å²) in [6.07, 6.45) is 5.32. The van der Waals surface area contributed by atoms with Gasteiger partial charge in [-0.25, -0.2) is 0 Å². The van der Waals surface area contributed by atoms with Crippen molar-refractivity contribution in [3.05, 3.63) is 24.5 Å². The topological polar surface area (TPSA) is 98.5 Å². The molecule has 3 aromatic rings.